The standard InChI is InChI=1S/C19H29N3O2S/c1-15(2)20-12-18-11-19(14-22(18)16(3)4)25(23,24)21(5)13-17-9-7-6-8-10-17/h6-11,14-16,20H,12-13H2,1-5H3. The number of hydrogen-bond donors (Lipinski definition) is 1. The van der Waals surface area contributed by atoms with Gasteiger partial charge in [-0.2, -0.15) is 4.31 Å². The molecule has 0 saturated carbocycles. The Kier molecular flexibility index (Phi) is 6.43. The highest BCUT2D eigenvalue weighted by molar-refractivity contribution is 7.89. The van der Waals surface area contributed by atoms with Gasteiger partial charge in [-0.3, -0.25) is 0 Å². The predicted molar refractivity (Wildman–Crippen MR) is 102 cm³/mol. The third-order valence-electron chi connectivity index (χ3n) is 4.11. The van der Waals surface area contributed by atoms with E-state index in [2.05, 4.69) is 33.0 Å². The van der Waals surface area contributed by atoms with E-state index in [-0.39, 0.29) is 6.04 Å². The number of rotatable bonds is 8. The summed E-state index contributed by atoms with van der Waals surface area (Å²) in [6.07, 6.45) is 1.75. The molecule has 0 unspecified atom stereocenters. The first-order valence-corrected chi connectivity index (χ1v) is 10.1. The third kappa shape index (κ3) is 4.93. The molecular weight excluding hydrogens is 334 g/mol. The maximum absolute atomic E-state index is 13.0. The molecule has 0 atom stereocenters. The Bertz CT molecular complexity index is 780. The second kappa shape index (κ2) is 8.17. The second-order valence-electron chi connectivity index (χ2n) is 6.95. The molecule has 2 aromatic rings. The molecule has 25 heavy (non-hydrogen) atoms. The molecular formula is C19H29N3O2S. The highest BCUT2D eigenvalue weighted by Gasteiger charge is 2.24. The van der Waals surface area contributed by atoms with Gasteiger partial charge in [-0.25, -0.2) is 8.42 Å². The summed E-state index contributed by atoms with van der Waals surface area (Å²) in [5.41, 5.74) is 1.95. The third-order valence-corrected chi connectivity index (χ3v) is 5.88. The summed E-state index contributed by atoms with van der Waals surface area (Å²) in [4.78, 5) is 0.347. The fraction of sp³-hybridized carbons (Fsp3) is 0.474. The van der Waals surface area contributed by atoms with Crippen LogP contribution in [0.15, 0.2) is 47.5 Å². The molecule has 1 aromatic heterocycles. The van der Waals surface area contributed by atoms with E-state index < -0.39 is 10.0 Å². The summed E-state index contributed by atoms with van der Waals surface area (Å²) in [7, 11) is -1.90. The van der Waals surface area contributed by atoms with Gasteiger partial charge in [0.15, 0.2) is 0 Å². The largest absolute Gasteiger partial charge is 0.346 e. The summed E-state index contributed by atoms with van der Waals surface area (Å²) >= 11 is 0. The van der Waals surface area contributed by atoms with Crippen molar-refractivity contribution in [2.75, 3.05) is 7.05 Å². The summed E-state index contributed by atoms with van der Waals surface area (Å²) in [6.45, 7) is 9.27. The van der Waals surface area contributed by atoms with Crippen molar-refractivity contribution >= 4 is 10.0 Å². The first-order chi connectivity index (χ1) is 11.7. The smallest absolute Gasteiger partial charge is 0.244 e. The minimum Gasteiger partial charge on any atom is -0.346 e. The molecule has 5 nitrogen and oxygen atoms in total. The van der Waals surface area contributed by atoms with E-state index in [1.807, 2.05) is 34.9 Å². The molecule has 2 rings (SSSR count). The van der Waals surface area contributed by atoms with Crippen LogP contribution in [-0.2, 0) is 23.1 Å². The Morgan fingerprint density at radius 1 is 1.12 bits per heavy atom. The van der Waals surface area contributed by atoms with E-state index in [1.54, 1.807) is 19.3 Å². The van der Waals surface area contributed by atoms with Crippen LogP contribution in [0.5, 0.6) is 0 Å². The molecule has 1 heterocycles. The van der Waals surface area contributed by atoms with Crippen LogP contribution >= 0.6 is 0 Å². The topological polar surface area (TPSA) is 54.3 Å². The van der Waals surface area contributed by atoms with Gasteiger partial charge >= 0.3 is 0 Å². The Morgan fingerprint density at radius 3 is 2.32 bits per heavy atom. The molecule has 1 aromatic carbocycles. The molecule has 0 aliphatic heterocycles. The maximum Gasteiger partial charge on any atom is 0.244 e. The van der Waals surface area contributed by atoms with Crippen LogP contribution in [0.4, 0.5) is 0 Å². The van der Waals surface area contributed by atoms with Crippen LogP contribution in [0.1, 0.15) is 45.0 Å². The van der Waals surface area contributed by atoms with Gasteiger partial charge in [0.2, 0.25) is 10.0 Å². The van der Waals surface area contributed by atoms with Gasteiger partial charge in [-0.05, 0) is 25.5 Å². The van der Waals surface area contributed by atoms with Gasteiger partial charge in [-0.15, -0.1) is 0 Å². The SMILES string of the molecule is CC(C)NCc1cc(S(=O)(=O)N(C)Cc2ccccc2)cn1C(C)C. The predicted octanol–water partition coefficient (Wildman–Crippen LogP) is 3.39. The lowest BCUT2D eigenvalue weighted by Gasteiger charge is -2.16. The molecule has 0 aliphatic rings. The molecule has 138 valence electrons. The Hall–Kier alpha value is -1.63. The molecule has 0 amide bonds. The molecule has 0 fully saturated rings. The quantitative estimate of drug-likeness (QED) is 0.782. The van der Waals surface area contributed by atoms with E-state index in [4.69, 9.17) is 0 Å². The zero-order valence-corrected chi connectivity index (χ0v) is 16.5. The van der Waals surface area contributed by atoms with Gasteiger partial charge in [0.1, 0.15) is 4.90 Å². The number of aromatic nitrogens is 1. The fourth-order valence-corrected chi connectivity index (χ4v) is 3.88. The van der Waals surface area contributed by atoms with Crippen molar-refractivity contribution in [2.45, 2.75) is 57.8 Å². The van der Waals surface area contributed by atoms with E-state index in [1.165, 1.54) is 4.31 Å². The van der Waals surface area contributed by atoms with Crippen LogP contribution in [-0.4, -0.2) is 30.4 Å². The average molecular weight is 364 g/mol. The maximum atomic E-state index is 13.0. The van der Waals surface area contributed by atoms with Crippen molar-refractivity contribution in [1.29, 1.82) is 0 Å². The van der Waals surface area contributed by atoms with Gasteiger partial charge in [0, 0.05) is 44.1 Å². The lowest BCUT2D eigenvalue weighted by atomic mass is 10.2. The van der Waals surface area contributed by atoms with Gasteiger partial charge in [-0.1, -0.05) is 44.2 Å². The number of nitrogens with one attached hydrogen (secondary N) is 1. The monoisotopic (exact) mass is 363 g/mol. The zero-order chi connectivity index (χ0) is 18.6. The van der Waals surface area contributed by atoms with Crippen molar-refractivity contribution in [3.05, 3.63) is 53.9 Å². The lowest BCUT2D eigenvalue weighted by Crippen LogP contribution is -2.26. The zero-order valence-electron chi connectivity index (χ0n) is 15.7. The summed E-state index contributed by atoms with van der Waals surface area (Å²) in [5.74, 6) is 0. The van der Waals surface area contributed by atoms with E-state index in [0.29, 0.717) is 24.0 Å². The number of sulfonamides is 1. The van der Waals surface area contributed by atoms with Crippen molar-refractivity contribution < 1.29 is 8.42 Å². The van der Waals surface area contributed by atoms with Crippen LogP contribution in [0.3, 0.4) is 0 Å². The summed E-state index contributed by atoms with van der Waals surface area (Å²) < 4.78 is 29.3. The molecule has 0 radical (unpaired) electrons. The molecule has 6 heteroatoms. The first-order valence-electron chi connectivity index (χ1n) is 8.66. The summed E-state index contributed by atoms with van der Waals surface area (Å²) in [6, 6.07) is 12.0. The molecule has 0 bridgehead atoms. The van der Waals surface area contributed by atoms with Crippen molar-refractivity contribution in [1.82, 2.24) is 14.2 Å². The van der Waals surface area contributed by atoms with Gasteiger partial charge in [0.05, 0.1) is 0 Å². The Labute approximate surface area is 151 Å². The number of hydrogen-bond acceptors (Lipinski definition) is 3. The number of benzene rings is 1. The average Bonchev–Trinajstić information content (AvgIpc) is 2.99. The molecule has 0 saturated heterocycles. The normalized spacial score (nSPS) is 12.5. The molecule has 0 spiro atoms. The number of nitrogens with zero attached hydrogens (tertiary/aromatic N) is 2. The van der Waals surface area contributed by atoms with Crippen LogP contribution in [0.25, 0.3) is 0 Å². The minimum absolute atomic E-state index is 0.201. The van der Waals surface area contributed by atoms with E-state index in [9.17, 15) is 8.42 Å². The van der Waals surface area contributed by atoms with Crippen molar-refractivity contribution in [2.24, 2.45) is 0 Å². The van der Waals surface area contributed by atoms with Crippen LogP contribution < -0.4 is 5.32 Å². The minimum atomic E-state index is -3.53. The highest BCUT2D eigenvalue weighted by atomic mass is 32.2. The lowest BCUT2D eigenvalue weighted by molar-refractivity contribution is 0.466. The Morgan fingerprint density at radius 2 is 1.76 bits per heavy atom. The first kappa shape index (κ1) is 19.7. The van der Waals surface area contributed by atoms with E-state index >= 15 is 0 Å². The van der Waals surface area contributed by atoms with Crippen LogP contribution in [0.2, 0.25) is 0 Å². The summed E-state index contributed by atoms with van der Waals surface area (Å²) in [5, 5.41) is 3.36. The van der Waals surface area contributed by atoms with Crippen molar-refractivity contribution in [3.8, 4) is 0 Å². The van der Waals surface area contributed by atoms with E-state index in [0.717, 1.165) is 11.3 Å². The molecule has 0 aliphatic carbocycles. The van der Waals surface area contributed by atoms with Gasteiger partial charge in [0.25, 0.3) is 0 Å². The Balaban J connectivity index is 2.27. The van der Waals surface area contributed by atoms with Gasteiger partial charge < -0.3 is 9.88 Å². The highest BCUT2D eigenvalue weighted by Crippen LogP contribution is 2.22. The second-order valence-corrected chi connectivity index (χ2v) is 9.00. The fourth-order valence-electron chi connectivity index (χ4n) is 2.67. The molecule has 1 N–H and O–H groups in total. The van der Waals surface area contributed by atoms with Crippen LogP contribution in [0, 0.1) is 0 Å². The van der Waals surface area contributed by atoms with Crippen molar-refractivity contribution in [3.63, 3.8) is 0 Å².